The van der Waals surface area contributed by atoms with Gasteiger partial charge in [0, 0.05) is 25.1 Å². The van der Waals surface area contributed by atoms with Gasteiger partial charge in [-0.1, -0.05) is 54.6 Å². The fourth-order valence-electron chi connectivity index (χ4n) is 3.86. The van der Waals surface area contributed by atoms with Crippen LogP contribution in [0.4, 0.5) is 4.79 Å². The van der Waals surface area contributed by atoms with E-state index in [0.29, 0.717) is 18.7 Å². The van der Waals surface area contributed by atoms with Crippen molar-refractivity contribution < 1.29 is 19.4 Å². The summed E-state index contributed by atoms with van der Waals surface area (Å²) in [5, 5.41) is 9.28. The molecule has 0 aliphatic heterocycles. The Bertz CT molecular complexity index is 1270. The maximum absolute atomic E-state index is 12.2. The number of rotatable bonds is 7. The van der Waals surface area contributed by atoms with E-state index in [1.54, 1.807) is 26.8 Å². The van der Waals surface area contributed by atoms with Crippen LogP contribution in [0.2, 0.25) is 0 Å². The smallest absolute Gasteiger partial charge is 0.428 e. The third-order valence-corrected chi connectivity index (χ3v) is 5.37. The molecule has 0 spiro atoms. The first-order valence-electron chi connectivity index (χ1n) is 11.5. The number of para-hydroxylation sites is 3. The zero-order valence-electron chi connectivity index (χ0n) is 19.8. The minimum Gasteiger partial charge on any atom is -0.428 e. The lowest BCUT2D eigenvalue weighted by Crippen LogP contribution is -2.26. The predicted molar refractivity (Wildman–Crippen MR) is 133 cm³/mol. The molecule has 4 rings (SSSR count). The summed E-state index contributed by atoms with van der Waals surface area (Å²) >= 11 is 0. The van der Waals surface area contributed by atoms with E-state index in [-0.39, 0.29) is 6.61 Å². The van der Waals surface area contributed by atoms with Gasteiger partial charge in [0.1, 0.15) is 17.2 Å². The van der Waals surface area contributed by atoms with Crippen LogP contribution < -0.4 is 4.74 Å². The van der Waals surface area contributed by atoms with Crippen LogP contribution in [0, 0.1) is 0 Å². The van der Waals surface area contributed by atoms with Crippen LogP contribution in [0.1, 0.15) is 38.6 Å². The Morgan fingerprint density at radius 2 is 1.68 bits per heavy atom. The van der Waals surface area contributed by atoms with Crippen molar-refractivity contribution in [3.05, 3.63) is 84.2 Å². The highest BCUT2D eigenvalue weighted by Crippen LogP contribution is 2.31. The van der Waals surface area contributed by atoms with Gasteiger partial charge >= 0.3 is 6.16 Å². The number of carbonyl (C=O) groups excluding carboxylic acids is 1. The summed E-state index contributed by atoms with van der Waals surface area (Å²) in [7, 11) is 0. The molecule has 0 unspecified atom stereocenters. The molecule has 4 aromatic rings. The first kappa shape index (κ1) is 23.5. The molecule has 1 heterocycles. The molecule has 1 aromatic heterocycles. The number of aryl methyl sites for hydroxylation is 1. The van der Waals surface area contributed by atoms with Crippen LogP contribution >= 0.6 is 0 Å². The van der Waals surface area contributed by atoms with Gasteiger partial charge in [0.2, 0.25) is 0 Å². The van der Waals surface area contributed by atoms with Gasteiger partial charge in [-0.25, -0.2) is 9.78 Å². The number of benzene rings is 3. The van der Waals surface area contributed by atoms with E-state index in [4.69, 9.17) is 14.5 Å². The normalized spacial score (nSPS) is 11.5. The molecule has 1 N–H and O–H groups in total. The lowest BCUT2D eigenvalue weighted by atomic mass is 10.0. The topological polar surface area (TPSA) is 73.6 Å². The molecule has 0 aliphatic carbocycles. The molecular weight excluding hydrogens is 428 g/mol. The molecule has 0 saturated heterocycles. The highest BCUT2D eigenvalue weighted by molar-refractivity contribution is 5.76. The summed E-state index contributed by atoms with van der Waals surface area (Å²) in [6.45, 7) is 6.23. The first-order valence-corrected chi connectivity index (χ1v) is 11.5. The zero-order valence-corrected chi connectivity index (χ0v) is 19.8. The Morgan fingerprint density at radius 1 is 0.971 bits per heavy atom. The number of fused-ring (bicyclic) bond motifs is 1. The van der Waals surface area contributed by atoms with Crippen molar-refractivity contribution in [3.63, 3.8) is 0 Å². The maximum Gasteiger partial charge on any atom is 0.514 e. The van der Waals surface area contributed by atoms with Crippen molar-refractivity contribution in [2.24, 2.45) is 0 Å². The predicted octanol–water partition coefficient (Wildman–Crippen LogP) is 5.99. The number of nitrogens with zero attached hydrogens (tertiary/aromatic N) is 2. The monoisotopic (exact) mass is 458 g/mol. The summed E-state index contributed by atoms with van der Waals surface area (Å²) in [4.78, 5) is 17.0. The molecule has 0 atom stereocenters. The van der Waals surface area contributed by atoms with Crippen molar-refractivity contribution in [2.45, 2.75) is 45.8 Å². The molecule has 0 bridgehead atoms. The van der Waals surface area contributed by atoms with Gasteiger partial charge in [-0.2, -0.15) is 0 Å². The number of hydrogen-bond donors (Lipinski definition) is 1. The molecule has 0 radical (unpaired) electrons. The molecule has 6 heteroatoms. The van der Waals surface area contributed by atoms with Crippen molar-refractivity contribution in [1.82, 2.24) is 9.55 Å². The average Bonchev–Trinajstić information content (AvgIpc) is 3.14. The van der Waals surface area contributed by atoms with Crippen LogP contribution in [0.3, 0.4) is 0 Å². The van der Waals surface area contributed by atoms with Gasteiger partial charge < -0.3 is 19.1 Å². The molecule has 0 aliphatic rings. The maximum atomic E-state index is 12.2. The summed E-state index contributed by atoms with van der Waals surface area (Å²) in [5.41, 5.74) is 4.30. The Morgan fingerprint density at radius 3 is 2.41 bits per heavy atom. The molecule has 6 nitrogen and oxygen atoms in total. The molecule has 0 saturated carbocycles. The van der Waals surface area contributed by atoms with Gasteiger partial charge in [-0.05, 0) is 56.5 Å². The second-order valence-corrected chi connectivity index (χ2v) is 9.19. The van der Waals surface area contributed by atoms with Crippen molar-refractivity contribution in [1.29, 1.82) is 0 Å². The molecule has 34 heavy (non-hydrogen) atoms. The van der Waals surface area contributed by atoms with E-state index in [1.807, 2.05) is 48.5 Å². The second kappa shape index (κ2) is 10.1. The number of ether oxygens (including phenoxy) is 2. The Kier molecular flexibility index (Phi) is 6.98. The van der Waals surface area contributed by atoms with Crippen LogP contribution in [0.5, 0.6) is 5.75 Å². The first-order chi connectivity index (χ1) is 16.3. The third-order valence-electron chi connectivity index (χ3n) is 5.37. The Labute approximate surface area is 199 Å². The van der Waals surface area contributed by atoms with Gasteiger partial charge in [-0.15, -0.1) is 0 Å². The van der Waals surface area contributed by atoms with E-state index < -0.39 is 11.8 Å². The van der Waals surface area contributed by atoms with Gasteiger partial charge in [0.15, 0.2) is 0 Å². The Balaban J connectivity index is 1.57. The number of aliphatic hydroxyl groups excluding tert-OH is 1. The fraction of sp³-hybridized carbons (Fsp3) is 0.286. The average molecular weight is 459 g/mol. The summed E-state index contributed by atoms with van der Waals surface area (Å²) in [5.74, 6) is 1.42. The molecule has 0 amide bonds. The van der Waals surface area contributed by atoms with Crippen LogP contribution in [0.15, 0.2) is 72.8 Å². The summed E-state index contributed by atoms with van der Waals surface area (Å²) in [6, 6.07) is 23.7. The quantitative estimate of drug-likeness (QED) is 0.272. The van der Waals surface area contributed by atoms with E-state index in [9.17, 15) is 9.90 Å². The zero-order chi connectivity index (χ0) is 24.1. The van der Waals surface area contributed by atoms with Crippen LogP contribution in [0.25, 0.3) is 22.2 Å². The van der Waals surface area contributed by atoms with Gasteiger partial charge in [0.05, 0.1) is 11.0 Å². The number of hydrogen-bond acceptors (Lipinski definition) is 5. The number of carbonyl (C=O) groups is 1. The van der Waals surface area contributed by atoms with Crippen molar-refractivity contribution in [3.8, 4) is 16.9 Å². The SMILES string of the molecule is CC(C)(C)OC(=O)Oc1ccccc1-c1ccc(Cn2c(CCCO)nc3ccccc32)cc1. The van der Waals surface area contributed by atoms with Crippen LogP contribution in [-0.2, 0) is 17.7 Å². The third kappa shape index (κ3) is 5.64. The molecule has 0 fully saturated rings. The Hall–Kier alpha value is -3.64. The minimum atomic E-state index is -0.723. The minimum absolute atomic E-state index is 0.142. The lowest BCUT2D eigenvalue weighted by molar-refractivity contribution is 0.0207. The van der Waals surface area contributed by atoms with Crippen molar-refractivity contribution >= 4 is 17.2 Å². The van der Waals surface area contributed by atoms with Gasteiger partial charge in [-0.3, -0.25) is 0 Å². The second-order valence-electron chi connectivity index (χ2n) is 9.19. The number of aliphatic hydroxyl groups is 1. The fourth-order valence-corrected chi connectivity index (χ4v) is 3.86. The van der Waals surface area contributed by atoms with Crippen molar-refractivity contribution in [2.75, 3.05) is 6.61 Å². The number of aromatic nitrogens is 2. The summed E-state index contributed by atoms with van der Waals surface area (Å²) < 4.78 is 13.0. The van der Waals surface area contributed by atoms with E-state index in [1.165, 1.54) is 0 Å². The van der Waals surface area contributed by atoms with E-state index >= 15 is 0 Å². The molecular formula is C28H30N2O4. The summed E-state index contributed by atoms with van der Waals surface area (Å²) in [6.07, 6.45) is 0.675. The van der Waals surface area contributed by atoms with E-state index in [2.05, 4.69) is 22.8 Å². The number of imidazole rings is 1. The molecule has 3 aromatic carbocycles. The van der Waals surface area contributed by atoms with Crippen LogP contribution in [-0.4, -0.2) is 33.0 Å². The van der Waals surface area contributed by atoms with Gasteiger partial charge in [0.25, 0.3) is 0 Å². The highest BCUT2D eigenvalue weighted by atomic mass is 16.7. The largest absolute Gasteiger partial charge is 0.514 e. The lowest BCUT2D eigenvalue weighted by Gasteiger charge is -2.19. The highest BCUT2D eigenvalue weighted by Gasteiger charge is 2.19. The molecule has 176 valence electrons. The van der Waals surface area contributed by atoms with E-state index in [0.717, 1.165) is 40.0 Å². The standard InChI is InChI=1S/C28H30N2O4/c1-28(2,3)34-27(32)33-25-12-7-4-9-22(25)21-16-14-20(15-17-21)19-30-24-11-6-5-10-23(24)29-26(30)13-8-18-31/h4-7,9-12,14-17,31H,8,13,18-19H2,1-3H3.